The molecule has 0 radical (unpaired) electrons. The van der Waals surface area contributed by atoms with Gasteiger partial charge < -0.3 is 9.13 Å². The molecule has 2 nitrogen and oxygen atoms in total. The summed E-state index contributed by atoms with van der Waals surface area (Å²) in [7, 11) is 0. The molecular formula is C50H30N2S. The van der Waals surface area contributed by atoms with Crippen molar-refractivity contribution in [3.63, 3.8) is 0 Å². The minimum Gasteiger partial charge on any atom is -0.309 e. The van der Waals surface area contributed by atoms with Crippen LogP contribution in [-0.2, 0) is 0 Å². The highest BCUT2D eigenvalue weighted by Gasteiger charge is 2.20. The van der Waals surface area contributed by atoms with E-state index < -0.39 is 0 Å². The van der Waals surface area contributed by atoms with Crippen LogP contribution in [0.2, 0.25) is 0 Å². The second-order valence-corrected chi connectivity index (χ2v) is 15.2. The molecule has 0 aliphatic carbocycles. The van der Waals surface area contributed by atoms with Crippen LogP contribution in [0.3, 0.4) is 0 Å². The molecule has 0 saturated heterocycles. The zero-order chi connectivity index (χ0) is 34.6. The standard InChI is InChI=1S/C50H30N2S/c1-2-12-33-28-36(23-20-31(33)10-1)51-43-17-7-5-15-38(43)40-29-34(21-24-44(40)51)35-22-25-45-41(30-35)49-46(26-27-48-50(49)39-16-6-8-19-47(39)53-48)52(45)42-18-9-13-32-11-3-4-14-37(32)42/h1-30H. The summed E-state index contributed by atoms with van der Waals surface area (Å²) >= 11 is 1.89. The van der Waals surface area contributed by atoms with E-state index in [1.165, 1.54) is 108 Å². The first-order valence-corrected chi connectivity index (χ1v) is 19.0. The van der Waals surface area contributed by atoms with Crippen LogP contribution in [0.5, 0.6) is 0 Å². The lowest BCUT2D eigenvalue weighted by atomic mass is 9.99. The summed E-state index contributed by atoms with van der Waals surface area (Å²) < 4.78 is 7.55. The molecule has 0 N–H and O–H groups in total. The third-order valence-electron chi connectivity index (χ3n) is 11.3. The van der Waals surface area contributed by atoms with Gasteiger partial charge in [-0.15, -0.1) is 11.3 Å². The van der Waals surface area contributed by atoms with Gasteiger partial charge in [-0.3, -0.25) is 0 Å². The van der Waals surface area contributed by atoms with E-state index in [0.717, 1.165) is 0 Å². The Bertz CT molecular complexity index is 3460. The van der Waals surface area contributed by atoms with Gasteiger partial charge in [-0.2, -0.15) is 0 Å². The van der Waals surface area contributed by atoms with Crippen molar-refractivity contribution in [2.24, 2.45) is 0 Å². The van der Waals surface area contributed by atoms with E-state index in [0.29, 0.717) is 0 Å². The second-order valence-electron chi connectivity index (χ2n) is 14.1. The van der Waals surface area contributed by atoms with Crippen LogP contribution >= 0.6 is 11.3 Å². The van der Waals surface area contributed by atoms with Crippen LogP contribution in [0.4, 0.5) is 0 Å². The quantitative estimate of drug-likeness (QED) is 0.175. The highest BCUT2D eigenvalue weighted by molar-refractivity contribution is 7.26. The molecule has 0 bridgehead atoms. The summed E-state index contributed by atoms with van der Waals surface area (Å²) in [5.41, 5.74) is 9.70. The van der Waals surface area contributed by atoms with E-state index in [9.17, 15) is 0 Å². The number of hydrogen-bond donors (Lipinski definition) is 0. The minimum absolute atomic E-state index is 1.18. The van der Waals surface area contributed by atoms with Crippen LogP contribution < -0.4 is 0 Å². The molecule has 246 valence electrons. The summed E-state index contributed by atoms with van der Waals surface area (Å²) in [6.07, 6.45) is 0. The van der Waals surface area contributed by atoms with Crippen molar-refractivity contribution >= 4 is 96.7 Å². The van der Waals surface area contributed by atoms with E-state index in [2.05, 4.69) is 191 Å². The Labute approximate surface area is 309 Å². The average Bonchev–Trinajstić information content (AvgIpc) is 3.87. The lowest BCUT2D eigenvalue weighted by Crippen LogP contribution is -1.95. The Morgan fingerprint density at radius 1 is 0.321 bits per heavy atom. The van der Waals surface area contributed by atoms with Gasteiger partial charge in [0.1, 0.15) is 0 Å². The number of benzene rings is 9. The van der Waals surface area contributed by atoms with Crippen LogP contribution in [0, 0.1) is 0 Å². The average molecular weight is 691 g/mol. The normalized spacial score (nSPS) is 12.2. The maximum Gasteiger partial charge on any atom is 0.0548 e. The Morgan fingerprint density at radius 2 is 0.962 bits per heavy atom. The van der Waals surface area contributed by atoms with Crippen molar-refractivity contribution in [2.75, 3.05) is 0 Å². The summed E-state index contributed by atoms with van der Waals surface area (Å²) in [6, 6.07) is 67.2. The zero-order valence-corrected chi connectivity index (χ0v) is 29.4. The van der Waals surface area contributed by atoms with E-state index in [1.807, 2.05) is 11.3 Å². The molecule has 3 aromatic heterocycles. The largest absolute Gasteiger partial charge is 0.309 e. The van der Waals surface area contributed by atoms with Crippen LogP contribution in [0.15, 0.2) is 182 Å². The van der Waals surface area contributed by atoms with E-state index in [4.69, 9.17) is 0 Å². The fourth-order valence-electron chi connectivity index (χ4n) is 8.91. The molecule has 12 aromatic rings. The first-order chi connectivity index (χ1) is 26.3. The van der Waals surface area contributed by atoms with Crippen molar-refractivity contribution in [1.82, 2.24) is 9.13 Å². The van der Waals surface area contributed by atoms with Crippen LogP contribution in [-0.4, -0.2) is 9.13 Å². The number of fused-ring (bicyclic) bond motifs is 12. The lowest BCUT2D eigenvalue weighted by molar-refractivity contribution is 1.19. The molecule has 0 spiro atoms. The molecule has 3 heterocycles. The van der Waals surface area contributed by atoms with Crippen molar-refractivity contribution in [3.8, 4) is 22.5 Å². The topological polar surface area (TPSA) is 9.86 Å². The molecule has 0 amide bonds. The van der Waals surface area contributed by atoms with Gasteiger partial charge in [0.15, 0.2) is 0 Å². The zero-order valence-electron chi connectivity index (χ0n) is 28.6. The highest BCUT2D eigenvalue weighted by atomic mass is 32.1. The number of thiophene rings is 1. The first-order valence-electron chi connectivity index (χ1n) is 18.2. The summed E-state index contributed by atoms with van der Waals surface area (Å²) in [5, 5.41) is 12.8. The number of para-hydroxylation sites is 1. The molecule has 0 atom stereocenters. The monoisotopic (exact) mass is 690 g/mol. The van der Waals surface area contributed by atoms with Gasteiger partial charge in [-0.1, -0.05) is 115 Å². The van der Waals surface area contributed by atoms with Gasteiger partial charge in [-0.25, -0.2) is 0 Å². The van der Waals surface area contributed by atoms with Gasteiger partial charge in [0.05, 0.1) is 27.8 Å². The molecule has 9 aromatic carbocycles. The maximum atomic E-state index is 2.49. The third-order valence-corrected chi connectivity index (χ3v) is 12.4. The molecule has 0 aliphatic heterocycles. The highest BCUT2D eigenvalue weighted by Crippen LogP contribution is 2.45. The van der Waals surface area contributed by atoms with E-state index >= 15 is 0 Å². The fraction of sp³-hybridized carbons (Fsp3) is 0. The molecule has 0 aliphatic rings. The van der Waals surface area contributed by atoms with E-state index in [1.54, 1.807) is 0 Å². The van der Waals surface area contributed by atoms with Gasteiger partial charge in [0.25, 0.3) is 0 Å². The van der Waals surface area contributed by atoms with Gasteiger partial charge in [-0.05, 0) is 94.0 Å². The Hall–Kier alpha value is -6.68. The second kappa shape index (κ2) is 10.9. The Balaban J connectivity index is 1.13. The molecule has 0 fully saturated rings. The maximum absolute atomic E-state index is 2.49. The SMILES string of the molecule is c1ccc2cc(-n3c4ccccc4c4cc(-c5ccc6c(c5)c5c7c(ccc5n6-c5cccc6ccccc56)sc5ccccc57)ccc43)ccc2c1. The predicted molar refractivity (Wildman–Crippen MR) is 228 cm³/mol. The van der Waals surface area contributed by atoms with Crippen LogP contribution in [0.1, 0.15) is 0 Å². The Kier molecular flexibility index (Phi) is 5.96. The number of nitrogens with zero attached hydrogens (tertiary/aromatic N) is 2. The number of rotatable bonds is 3. The molecular weight excluding hydrogens is 661 g/mol. The van der Waals surface area contributed by atoms with Gasteiger partial charge in [0.2, 0.25) is 0 Å². The lowest BCUT2D eigenvalue weighted by Gasteiger charge is -2.12. The molecule has 12 rings (SSSR count). The van der Waals surface area contributed by atoms with Crippen molar-refractivity contribution in [3.05, 3.63) is 182 Å². The summed E-state index contributed by atoms with van der Waals surface area (Å²) in [6.45, 7) is 0. The van der Waals surface area contributed by atoms with Gasteiger partial charge in [0, 0.05) is 52.8 Å². The number of hydrogen-bond acceptors (Lipinski definition) is 1. The van der Waals surface area contributed by atoms with Crippen molar-refractivity contribution in [1.29, 1.82) is 0 Å². The first kappa shape index (κ1) is 29.0. The minimum atomic E-state index is 1.18. The van der Waals surface area contributed by atoms with Crippen molar-refractivity contribution < 1.29 is 0 Å². The molecule has 0 saturated carbocycles. The summed E-state index contributed by atoms with van der Waals surface area (Å²) in [5.74, 6) is 0. The van der Waals surface area contributed by atoms with E-state index in [-0.39, 0.29) is 0 Å². The molecule has 3 heteroatoms. The van der Waals surface area contributed by atoms with Crippen molar-refractivity contribution in [2.45, 2.75) is 0 Å². The third kappa shape index (κ3) is 4.14. The van der Waals surface area contributed by atoms with Crippen LogP contribution in [0.25, 0.3) is 108 Å². The molecule has 0 unspecified atom stereocenters. The number of aromatic nitrogens is 2. The summed E-state index contributed by atoms with van der Waals surface area (Å²) in [4.78, 5) is 0. The Morgan fingerprint density at radius 3 is 1.83 bits per heavy atom. The van der Waals surface area contributed by atoms with Gasteiger partial charge >= 0.3 is 0 Å². The molecule has 53 heavy (non-hydrogen) atoms. The smallest absolute Gasteiger partial charge is 0.0548 e. The predicted octanol–water partition coefficient (Wildman–Crippen LogP) is 14.2. The fourth-order valence-corrected chi connectivity index (χ4v) is 10.0.